The Bertz CT molecular complexity index is 1220. The van der Waals surface area contributed by atoms with E-state index in [0.29, 0.717) is 30.2 Å². The second kappa shape index (κ2) is 8.82. The molecular weight excluding hydrogens is 410 g/mol. The monoisotopic (exact) mass is 441 g/mol. The minimum atomic E-state index is -0.484. The number of aliphatic hydroxyl groups is 1. The number of aliphatic hydroxyl groups excluding tert-OH is 1. The number of benzene rings is 1. The fourth-order valence-electron chi connectivity index (χ4n) is 4.42. The number of phenolic OH excluding ortho intramolecular Hbond substituents is 1. The van der Waals surface area contributed by atoms with Crippen molar-refractivity contribution in [2.75, 3.05) is 5.32 Å². The summed E-state index contributed by atoms with van der Waals surface area (Å²) >= 11 is 0. The summed E-state index contributed by atoms with van der Waals surface area (Å²) in [4.78, 5) is 31.2. The molecule has 32 heavy (non-hydrogen) atoms. The Balaban J connectivity index is 1.95. The summed E-state index contributed by atoms with van der Waals surface area (Å²) in [5.74, 6) is 0.812. The third kappa shape index (κ3) is 4.04. The highest BCUT2D eigenvalue weighted by molar-refractivity contribution is 5.74. The van der Waals surface area contributed by atoms with Crippen LogP contribution in [-0.2, 0) is 19.6 Å². The first-order valence-corrected chi connectivity index (χ1v) is 11.3. The van der Waals surface area contributed by atoms with Gasteiger partial charge in [0.05, 0.1) is 18.7 Å². The fraction of sp³-hybridized carbons (Fsp3) is 0.522. The molecule has 0 amide bonds. The van der Waals surface area contributed by atoms with Gasteiger partial charge in [0.1, 0.15) is 5.75 Å². The van der Waals surface area contributed by atoms with Crippen LogP contribution in [0, 0.1) is 5.92 Å². The number of hydrogen-bond donors (Lipinski definition) is 3. The van der Waals surface area contributed by atoms with Crippen molar-refractivity contribution in [3.05, 3.63) is 50.7 Å². The molecule has 1 fully saturated rings. The zero-order valence-electron chi connectivity index (χ0n) is 18.8. The van der Waals surface area contributed by atoms with Crippen LogP contribution in [0.1, 0.15) is 45.6 Å². The van der Waals surface area contributed by atoms with Crippen molar-refractivity contribution in [3.63, 3.8) is 0 Å². The van der Waals surface area contributed by atoms with Crippen molar-refractivity contribution in [2.45, 2.75) is 71.8 Å². The molecule has 3 aromatic rings. The zero-order chi connectivity index (χ0) is 23.0. The number of rotatable bonds is 7. The van der Waals surface area contributed by atoms with Gasteiger partial charge in [0.2, 0.25) is 5.95 Å². The number of fused-ring (bicyclic) bond motifs is 1. The van der Waals surface area contributed by atoms with E-state index in [1.54, 1.807) is 40.3 Å². The lowest BCUT2D eigenvalue weighted by Gasteiger charge is -2.18. The lowest BCUT2D eigenvalue weighted by molar-refractivity contribution is 0.171. The predicted octanol–water partition coefficient (Wildman–Crippen LogP) is 2.11. The van der Waals surface area contributed by atoms with Crippen LogP contribution in [0.2, 0.25) is 0 Å². The van der Waals surface area contributed by atoms with Gasteiger partial charge in [0, 0.05) is 13.1 Å². The quantitative estimate of drug-likeness (QED) is 0.517. The standard InChI is InChI=1S/C23H31N5O4/c1-4-26-21(31)19-20(28(23(26)32)12-14(2)3)25-22(24-17-6-5-7-18(17)30)27(19)13-15-8-10-16(29)11-9-15/h8-11,14,17-18,29-30H,4-7,12-13H2,1-3H3,(H,24,25). The molecule has 2 unspecified atom stereocenters. The van der Waals surface area contributed by atoms with Crippen molar-refractivity contribution in [1.82, 2.24) is 18.7 Å². The van der Waals surface area contributed by atoms with Crippen LogP contribution in [0.4, 0.5) is 5.95 Å². The summed E-state index contributed by atoms with van der Waals surface area (Å²) in [6.07, 6.45) is 1.96. The molecule has 172 valence electrons. The van der Waals surface area contributed by atoms with Crippen molar-refractivity contribution < 1.29 is 10.2 Å². The number of hydrogen-bond acceptors (Lipinski definition) is 6. The lowest BCUT2D eigenvalue weighted by atomic mass is 10.2. The van der Waals surface area contributed by atoms with E-state index in [4.69, 9.17) is 4.98 Å². The normalized spacial score (nSPS) is 18.7. The summed E-state index contributed by atoms with van der Waals surface area (Å²) in [6, 6.07) is 6.61. The summed E-state index contributed by atoms with van der Waals surface area (Å²) in [5, 5.41) is 23.3. The maximum atomic E-state index is 13.4. The smallest absolute Gasteiger partial charge is 0.332 e. The van der Waals surface area contributed by atoms with Crippen LogP contribution >= 0.6 is 0 Å². The van der Waals surface area contributed by atoms with Crippen LogP contribution in [0.5, 0.6) is 5.75 Å². The van der Waals surface area contributed by atoms with Gasteiger partial charge in [0.15, 0.2) is 11.2 Å². The molecule has 9 heteroatoms. The molecule has 0 spiro atoms. The number of imidazole rings is 1. The van der Waals surface area contributed by atoms with Gasteiger partial charge in [-0.05, 0) is 49.8 Å². The summed E-state index contributed by atoms with van der Waals surface area (Å²) in [5.41, 5.74) is 0.850. The molecular formula is C23H31N5O4. The molecule has 9 nitrogen and oxygen atoms in total. The van der Waals surface area contributed by atoms with Crippen molar-refractivity contribution >= 4 is 17.1 Å². The second-order valence-corrected chi connectivity index (χ2v) is 8.95. The Morgan fingerprint density at radius 2 is 1.84 bits per heavy atom. The van der Waals surface area contributed by atoms with Gasteiger partial charge in [0.25, 0.3) is 5.56 Å². The van der Waals surface area contributed by atoms with E-state index in [1.165, 1.54) is 4.57 Å². The van der Waals surface area contributed by atoms with Crippen LogP contribution in [-0.4, -0.2) is 41.0 Å². The molecule has 0 bridgehead atoms. The van der Waals surface area contributed by atoms with Gasteiger partial charge >= 0.3 is 5.69 Å². The molecule has 0 radical (unpaired) electrons. The SMILES string of the molecule is CCn1c(=O)c2c(nc(NC3CCCC3O)n2Cc2ccc(O)cc2)n(CC(C)C)c1=O. The van der Waals surface area contributed by atoms with E-state index in [-0.39, 0.29) is 35.5 Å². The fourth-order valence-corrected chi connectivity index (χ4v) is 4.42. The first-order valence-electron chi connectivity index (χ1n) is 11.3. The van der Waals surface area contributed by atoms with E-state index in [1.807, 2.05) is 13.8 Å². The molecule has 1 saturated carbocycles. The third-order valence-corrected chi connectivity index (χ3v) is 6.05. The molecule has 1 aliphatic rings. The first-order chi connectivity index (χ1) is 15.3. The van der Waals surface area contributed by atoms with E-state index in [0.717, 1.165) is 24.8 Å². The summed E-state index contributed by atoms with van der Waals surface area (Å²) in [7, 11) is 0. The zero-order valence-corrected chi connectivity index (χ0v) is 18.8. The van der Waals surface area contributed by atoms with E-state index in [9.17, 15) is 19.8 Å². The minimum Gasteiger partial charge on any atom is -0.508 e. The molecule has 2 aromatic heterocycles. The average Bonchev–Trinajstić information content (AvgIpc) is 3.31. The highest BCUT2D eigenvalue weighted by Crippen LogP contribution is 2.26. The molecule has 2 atom stereocenters. The summed E-state index contributed by atoms with van der Waals surface area (Å²) < 4.78 is 4.61. The first kappa shape index (κ1) is 22.1. The van der Waals surface area contributed by atoms with Gasteiger partial charge in [-0.1, -0.05) is 26.0 Å². The van der Waals surface area contributed by atoms with Crippen LogP contribution in [0.15, 0.2) is 33.9 Å². The number of aromatic nitrogens is 4. The van der Waals surface area contributed by atoms with E-state index in [2.05, 4.69) is 5.32 Å². The molecule has 0 saturated heterocycles. The molecule has 1 aliphatic carbocycles. The van der Waals surface area contributed by atoms with E-state index >= 15 is 0 Å². The highest BCUT2D eigenvalue weighted by Gasteiger charge is 2.28. The van der Waals surface area contributed by atoms with Crippen LogP contribution in [0.3, 0.4) is 0 Å². The maximum Gasteiger partial charge on any atom is 0.332 e. The average molecular weight is 442 g/mol. The van der Waals surface area contributed by atoms with Gasteiger partial charge in [-0.25, -0.2) is 4.79 Å². The van der Waals surface area contributed by atoms with Gasteiger partial charge in [-0.3, -0.25) is 18.5 Å². The van der Waals surface area contributed by atoms with Gasteiger partial charge < -0.3 is 15.5 Å². The number of aromatic hydroxyl groups is 1. The predicted molar refractivity (Wildman–Crippen MR) is 123 cm³/mol. The number of nitrogens with one attached hydrogen (secondary N) is 1. The number of phenols is 1. The largest absolute Gasteiger partial charge is 0.508 e. The molecule has 2 heterocycles. The maximum absolute atomic E-state index is 13.4. The number of anilines is 1. The van der Waals surface area contributed by atoms with Gasteiger partial charge in [-0.2, -0.15) is 4.98 Å². The third-order valence-electron chi connectivity index (χ3n) is 6.05. The molecule has 3 N–H and O–H groups in total. The topological polar surface area (TPSA) is 114 Å². The Kier molecular flexibility index (Phi) is 6.10. The highest BCUT2D eigenvalue weighted by atomic mass is 16.3. The van der Waals surface area contributed by atoms with Gasteiger partial charge in [-0.15, -0.1) is 0 Å². The van der Waals surface area contributed by atoms with Crippen molar-refractivity contribution in [2.24, 2.45) is 5.92 Å². The summed E-state index contributed by atoms with van der Waals surface area (Å²) in [6.45, 7) is 6.85. The lowest BCUT2D eigenvalue weighted by Crippen LogP contribution is -2.40. The van der Waals surface area contributed by atoms with Crippen LogP contribution in [0.25, 0.3) is 11.2 Å². The van der Waals surface area contributed by atoms with E-state index < -0.39 is 6.10 Å². The molecule has 1 aromatic carbocycles. The van der Waals surface area contributed by atoms with Crippen molar-refractivity contribution in [1.29, 1.82) is 0 Å². The second-order valence-electron chi connectivity index (χ2n) is 8.95. The Morgan fingerprint density at radius 1 is 1.12 bits per heavy atom. The molecule has 4 rings (SSSR count). The molecule has 0 aliphatic heterocycles. The Labute approximate surface area is 186 Å². The Morgan fingerprint density at radius 3 is 2.44 bits per heavy atom. The Hall–Kier alpha value is -3.07. The van der Waals surface area contributed by atoms with Crippen molar-refractivity contribution in [3.8, 4) is 5.75 Å². The van der Waals surface area contributed by atoms with Crippen LogP contribution < -0.4 is 16.6 Å². The minimum absolute atomic E-state index is 0.163. The number of nitrogens with zero attached hydrogens (tertiary/aromatic N) is 4.